The molecule has 0 bridgehead atoms. The Kier molecular flexibility index (Phi) is 9.00. The molecule has 12 heteroatoms. The summed E-state index contributed by atoms with van der Waals surface area (Å²) in [7, 11) is 0. The minimum Gasteiger partial charge on any atom is -0.465 e. The van der Waals surface area contributed by atoms with E-state index in [1.165, 1.54) is 15.6 Å². The second-order valence-electron chi connectivity index (χ2n) is 12.4. The Labute approximate surface area is 240 Å². The number of benzene rings is 1. The molecule has 2 fully saturated rings. The minimum absolute atomic E-state index is 0.0371. The van der Waals surface area contributed by atoms with Crippen LogP contribution in [0.25, 0.3) is 5.69 Å². The van der Waals surface area contributed by atoms with Gasteiger partial charge in [-0.05, 0) is 36.8 Å². The van der Waals surface area contributed by atoms with Crippen LogP contribution >= 0.6 is 0 Å². The lowest BCUT2D eigenvalue weighted by Crippen LogP contribution is -2.66. The van der Waals surface area contributed by atoms with Crippen molar-refractivity contribution in [2.24, 2.45) is 17.3 Å². The van der Waals surface area contributed by atoms with Crippen molar-refractivity contribution in [3.8, 4) is 5.69 Å². The molecule has 0 aliphatic carbocycles. The topological polar surface area (TPSA) is 121 Å². The van der Waals surface area contributed by atoms with Crippen molar-refractivity contribution in [1.82, 2.24) is 29.7 Å². The maximum Gasteiger partial charge on any atom is 0.407 e. The number of hydrogen-bond donors (Lipinski definition) is 1. The van der Waals surface area contributed by atoms with Gasteiger partial charge in [0.05, 0.1) is 36.9 Å². The minimum atomic E-state index is -1.13. The highest BCUT2D eigenvalue weighted by Crippen LogP contribution is 2.38. The first-order chi connectivity index (χ1) is 19.3. The summed E-state index contributed by atoms with van der Waals surface area (Å²) in [6.07, 6.45) is -0.825. The fraction of sp³-hybridized carbons (Fsp3) is 0.621. The number of carboxylic acid groups (broad SMARTS) is 1. The van der Waals surface area contributed by atoms with E-state index in [1.54, 1.807) is 34.9 Å². The number of carbonyl (C=O) groups is 3. The van der Waals surface area contributed by atoms with E-state index in [9.17, 15) is 23.9 Å². The number of likely N-dealkylation sites (tertiary alicyclic amines) is 1. The number of morpholine rings is 1. The van der Waals surface area contributed by atoms with Crippen LogP contribution in [0.4, 0.5) is 9.18 Å². The van der Waals surface area contributed by atoms with Crippen LogP contribution in [0.5, 0.6) is 0 Å². The monoisotopic (exact) mass is 572 g/mol. The molecule has 41 heavy (non-hydrogen) atoms. The number of rotatable bonds is 6. The molecule has 0 radical (unpaired) electrons. The van der Waals surface area contributed by atoms with Crippen LogP contribution in [0.2, 0.25) is 0 Å². The maximum absolute atomic E-state index is 14.6. The van der Waals surface area contributed by atoms with Crippen LogP contribution in [0.15, 0.2) is 24.3 Å². The van der Waals surface area contributed by atoms with E-state index in [4.69, 9.17) is 4.74 Å². The van der Waals surface area contributed by atoms with E-state index in [-0.39, 0.29) is 29.8 Å². The molecular formula is C29H41FN6O5. The molecule has 224 valence electrons. The Morgan fingerprint density at radius 2 is 1.83 bits per heavy atom. The SMILES string of the molecule is Cc1c(C(=O)N(CC(C)C)[C@H]2C[C@@H](C(=O)N3CCOCC3)CN(C(=O)O)C2C(C)(C)C)nnn1-c1ccccc1F. The molecule has 2 aliphatic heterocycles. The first kappa shape index (κ1) is 30.4. The largest absolute Gasteiger partial charge is 0.465 e. The fourth-order valence-electron chi connectivity index (χ4n) is 6.09. The number of nitrogens with zero attached hydrogens (tertiary/aromatic N) is 6. The van der Waals surface area contributed by atoms with Gasteiger partial charge in [-0.3, -0.25) is 9.59 Å². The van der Waals surface area contributed by atoms with E-state index < -0.39 is 41.2 Å². The van der Waals surface area contributed by atoms with Gasteiger partial charge in [0.2, 0.25) is 5.91 Å². The molecule has 3 heterocycles. The summed E-state index contributed by atoms with van der Waals surface area (Å²) in [4.78, 5) is 45.3. The van der Waals surface area contributed by atoms with E-state index in [0.717, 1.165) is 0 Å². The maximum atomic E-state index is 14.6. The van der Waals surface area contributed by atoms with Gasteiger partial charge in [-0.15, -0.1) is 5.10 Å². The Balaban J connectivity index is 1.76. The molecule has 4 rings (SSSR count). The average molecular weight is 573 g/mol. The Morgan fingerprint density at radius 3 is 2.41 bits per heavy atom. The second-order valence-corrected chi connectivity index (χ2v) is 12.4. The lowest BCUT2D eigenvalue weighted by molar-refractivity contribution is -0.144. The van der Waals surface area contributed by atoms with Crippen LogP contribution in [0.1, 0.15) is 57.2 Å². The first-order valence-electron chi connectivity index (χ1n) is 14.2. The van der Waals surface area contributed by atoms with Gasteiger partial charge < -0.3 is 24.5 Å². The molecule has 0 spiro atoms. The Bertz CT molecular complexity index is 1270. The van der Waals surface area contributed by atoms with Crippen molar-refractivity contribution in [1.29, 1.82) is 0 Å². The van der Waals surface area contributed by atoms with Gasteiger partial charge in [0.25, 0.3) is 5.91 Å². The standard InChI is InChI=1S/C29H41FN6O5/c1-18(2)16-34(27(38)24-19(3)36(32-31-24)22-10-8-7-9-21(22)30)23-15-20(26(37)33-11-13-41-14-12-33)17-35(28(39)40)25(23)29(4,5)6/h7-10,18,20,23,25H,11-17H2,1-6H3,(H,39,40)/t20-,23+,25?/m1/s1. The van der Waals surface area contributed by atoms with E-state index in [1.807, 2.05) is 34.6 Å². The zero-order valence-corrected chi connectivity index (χ0v) is 24.7. The predicted octanol–water partition coefficient (Wildman–Crippen LogP) is 3.46. The van der Waals surface area contributed by atoms with Crippen molar-refractivity contribution in [3.63, 3.8) is 0 Å². The van der Waals surface area contributed by atoms with Crippen LogP contribution in [0, 0.1) is 30.0 Å². The smallest absolute Gasteiger partial charge is 0.407 e. The summed E-state index contributed by atoms with van der Waals surface area (Å²) in [5, 5.41) is 18.6. The number of amides is 3. The number of piperidine rings is 1. The quantitative estimate of drug-likeness (QED) is 0.563. The number of aromatic nitrogens is 3. The number of halogens is 1. The molecule has 3 atom stereocenters. The van der Waals surface area contributed by atoms with Gasteiger partial charge in [0.15, 0.2) is 5.69 Å². The Hall–Kier alpha value is -3.54. The molecule has 0 saturated carbocycles. The highest BCUT2D eigenvalue weighted by Gasteiger charge is 2.50. The predicted molar refractivity (Wildman–Crippen MR) is 149 cm³/mol. The number of carbonyl (C=O) groups excluding carboxylic acids is 2. The van der Waals surface area contributed by atoms with Gasteiger partial charge >= 0.3 is 6.09 Å². The van der Waals surface area contributed by atoms with E-state index in [2.05, 4.69) is 10.3 Å². The van der Waals surface area contributed by atoms with Crippen LogP contribution in [-0.4, -0.2) is 104 Å². The molecule has 1 aromatic heterocycles. The summed E-state index contributed by atoms with van der Waals surface area (Å²) in [5.41, 5.74) is 0.0502. The molecule has 3 amide bonds. The zero-order valence-electron chi connectivity index (χ0n) is 24.7. The number of hydrogen-bond acceptors (Lipinski definition) is 6. The first-order valence-corrected chi connectivity index (χ1v) is 14.2. The van der Waals surface area contributed by atoms with Crippen LogP contribution in [-0.2, 0) is 9.53 Å². The summed E-state index contributed by atoms with van der Waals surface area (Å²) in [6, 6.07) is 4.92. The van der Waals surface area contributed by atoms with Crippen LogP contribution < -0.4 is 0 Å². The van der Waals surface area contributed by atoms with Crippen molar-refractivity contribution < 1.29 is 28.6 Å². The summed E-state index contributed by atoms with van der Waals surface area (Å²) >= 11 is 0. The lowest BCUT2D eigenvalue weighted by Gasteiger charge is -2.52. The summed E-state index contributed by atoms with van der Waals surface area (Å²) in [6.45, 7) is 13.6. The van der Waals surface area contributed by atoms with E-state index >= 15 is 0 Å². The zero-order chi connectivity index (χ0) is 30.1. The highest BCUT2D eigenvalue weighted by atomic mass is 19.1. The molecule has 2 aromatic rings. The number of para-hydroxylation sites is 1. The highest BCUT2D eigenvalue weighted by molar-refractivity contribution is 5.94. The Morgan fingerprint density at radius 1 is 1.17 bits per heavy atom. The molecule has 1 unspecified atom stereocenters. The second kappa shape index (κ2) is 12.1. The normalized spacial score (nSPS) is 21.7. The van der Waals surface area contributed by atoms with Gasteiger partial charge in [-0.25, -0.2) is 13.9 Å². The third-order valence-corrected chi connectivity index (χ3v) is 7.85. The van der Waals surface area contributed by atoms with Crippen molar-refractivity contribution >= 4 is 17.9 Å². The van der Waals surface area contributed by atoms with E-state index in [0.29, 0.717) is 45.0 Å². The third-order valence-electron chi connectivity index (χ3n) is 7.85. The molecule has 2 saturated heterocycles. The fourth-order valence-corrected chi connectivity index (χ4v) is 6.09. The molecular weight excluding hydrogens is 531 g/mol. The third kappa shape index (κ3) is 6.37. The van der Waals surface area contributed by atoms with Crippen LogP contribution in [0.3, 0.4) is 0 Å². The molecule has 11 nitrogen and oxygen atoms in total. The average Bonchev–Trinajstić information content (AvgIpc) is 3.31. The van der Waals surface area contributed by atoms with Gasteiger partial charge in [-0.2, -0.15) is 0 Å². The van der Waals surface area contributed by atoms with Gasteiger partial charge in [0, 0.05) is 26.2 Å². The number of ether oxygens (including phenoxy) is 1. The van der Waals surface area contributed by atoms with Crippen molar-refractivity contribution in [3.05, 3.63) is 41.5 Å². The molecule has 2 aliphatic rings. The van der Waals surface area contributed by atoms with Gasteiger partial charge in [0.1, 0.15) is 11.5 Å². The lowest BCUT2D eigenvalue weighted by atomic mass is 9.74. The van der Waals surface area contributed by atoms with Gasteiger partial charge in [-0.1, -0.05) is 52.0 Å². The van der Waals surface area contributed by atoms with Crippen molar-refractivity contribution in [2.75, 3.05) is 39.4 Å². The van der Waals surface area contributed by atoms with Crippen molar-refractivity contribution in [2.45, 2.75) is 60.0 Å². The molecule has 1 N–H and O–H groups in total. The molecule has 1 aromatic carbocycles. The summed E-state index contributed by atoms with van der Waals surface area (Å²) < 4.78 is 21.3. The summed E-state index contributed by atoms with van der Waals surface area (Å²) in [5.74, 6) is -1.64.